The summed E-state index contributed by atoms with van der Waals surface area (Å²) in [5.74, 6) is -2.80. The number of carboxylic acids is 1. The molecule has 1 aliphatic rings. The normalized spacial score (nSPS) is 18.3. The van der Waals surface area contributed by atoms with Crippen molar-refractivity contribution in [3.8, 4) is 0 Å². The Balaban J connectivity index is 1.60. The smallest absolute Gasteiger partial charge is 0.326 e. The van der Waals surface area contributed by atoms with E-state index >= 15 is 0 Å². The topological polar surface area (TPSA) is 158 Å². The third kappa shape index (κ3) is 5.86. The quantitative estimate of drug-likeness (QED) is 0.223. The van der Waals surface area contributed by atoms with Crippen molar-refractivity contribution in [3.05, 3.63) is 36.0 Å². The maximum atomic E-state index is 12.8. The van der Waals surface area contributed by atoms with E-state index in [1.54, 1.807) is 6.20 Å². The highest BCUT2D eigenvalue weighted by Gasteiger charge is 2.37. The van der Waals surface area contributed by atoms with Crippen LogP contribution in [-0.4, -0.2) is 80.9 Å². The van der Waals surface area contributed by atoms with Crippen LogP contribution in [0, 0.1) is 0 Å². The molecule has 1 saturated heterocycles. The second-order valence-electron chi connectivity index (χ2n) is 8.19. The van der Waals surface area contributed by atoms with Crippen LogP contribution in [0.4, 0.5) is 0 Å². The van der Waals surface area contributed by atoms with Crippen LogP contribution in [0.25, 0.3) is 10.9 Å². The summed E-state index contributed by atoms with van der Waals surface area (Å²) in [6, 6.07) is 3.76. The van der Waals surface area contributed by atoms with Crippen LogP contribution in [0.5, 0.6) is 0 Å². The molecule has 10 nitrogen and oxygen atoms in total. The number of nitrogens with one attached hydrogen (secondary N) is 3. The van der Waals surface area contributed by atoms with E-state index in [0.29, 0.717) is 19.4 Å². The first kappa shape index (κ1) is 25.9. The van der Waals surface area contributed by atoms with Crippen LogP contribution in [-0.2, 0) is 25.6 Å². The van der Waals surface area contributed by atoms with Crippen LogP contribution < -0.4 is 16.4 Å². The first-order valence-corrected chi connectivity index (χ1v) is 12.2. The van der Waals surface area contributed by atoms with Crippen LogP contribution in [0.3, 0.4) is 0 Å². The van der Waals surface area contributed by atoms with E-state index in [2.05, 4.69) is 40.9 Å². The molecule has 6 N–H and O–H groups in total. The number of nitrogens with zero attached hydrogens (tertiary/aromatic N) is 1. The molecule has 1 aliphatic heterocycles. The van der Waals surface area contributed by atoms with E-state index in [0.717, 1.165) is 16.5 Å². The molecule has 4 unspecified atom stereocenters. The van der Waals surface area contributed by atoms with Gasteiger partial charge in [0.1, 0.15) is 18.1 Å². The van der Waals surface area contributed by atoms with Gasteiger partial charge in [0.05, 0.1) is 6.04 Å². The van der Waals surface area contributed by atoms with E-state index in [-0.39, 0.29) is 17.9 Å². The first-order chi connectivity index (χ1) is 16.3. The largest absolute Gasteiger partial charge is 0.480 e. The molecule has 3 amide bonds. The molecule has 2 aromatic rings. The lowest BCUT2D eigenvalue weighted by atomic mass is 10.0. The number of amides is 3. The summed E-state index contributed by atoms with van der Waals surface area (Å²) in [6.45, 7) is 0.297. The Bertz CT molecular complexity index is 1060. The predicted molar refractivity (Wildman–Crippen MR) is 134 cm³/mol. The number of fused-ring (bicyclic) bond motifs is 1. The van der Waals surface area contributed by atoms with Gasteiger partial charge in [0.15, 0.2) is 0 Å². The molecule has 12 heteroatoms. The zero-order chi connectivity index (χ0) is 24.8. The summed E-state index contributed by atoms with van der Waals surface area (Å²) >= 11 is 8.30. The van der Waals surface area contributed by atoms with Gasteiger partial charge in [0, 0.05) is 35.2 Å². The Morgan fingerprint density at radius 1 is 1.12 bits per heavy atom. The van der Waals surface area contributed by atoms with E-state index < -0.39 is 47.9 Å². The van der Waals surface area contributed by atoms with E-state index in [1.807, 2.05) is 24.3 Å². The molecule has 3 rings (SSSR count). The highest BCUT2D eigenvalue weighted by molar-refractivity contribution is 7.80. The number of nitrogens with two attached hydrogens (primary N) is 1. The highest BCUT2D eigenvalue weighted by Crippen LogP contribution is 2.20. The summed E-state index contributed by atoms with van der Waals surface area (Å²) in [7, 11) is 0. The van der Waals surface area contributed by atoms with Gasteiger partial charge in [-0.1, -0.05) is 18.2 Å². The molecule has 1 aromatic carbocycles. The van der Waals surface area contributed by atoms with Gasteiger partial charge < -0.3 is 31.4 Å². The standard InChI is InChI=1S/C22H29N5O5S2/c23-14(8-12-9-24-15-5-2-1-4-13(12)15)19(28)25-16(10-33)20(29)26-17(11-34)21(30)27-7-3-6-18(27)22(31)32/h1-2,4-5,9,14,16-18,24,33-34H,3,6-8,10-11,23H2,(H,25,28)(H,26,29)(H,31,32). The highest BCUT2D eigenvalue weighted by atomic mass is 32.1. The zero-order valence-electron chi connectivity index (χ0n) is 18.4. The molecule has 0 bridgehead atoms. The minimum absolute atomic E-state index is 0.0215. The SMILES string of the molecule is NC(Cc1c[nH]c2ccccc12)C(=O)NC(CS)C(=O)NC(CS)C(=O)N1CCCC1C(=O)O. The average molecular weight is 508 g/mol. The number of aromatic amines is 1. The molecule has 0 spiro atoms. The number of aliphatic carboxylic acids is 1. The number of carboxylic acid groups (broad SMARTS) is 1. The van der Waals surface area contributed by atoms with E-state index in [9.17, 15) is 24.3 Å². The van der Waals surface area contributed by atoms with Gasteiger partial charge in [0.25, 0.3) is 0 Å². The predicted octanol–water partition coefficient (Wildman–Crippen LogP) is -0.0575. The fourth-order valence-corrected chi connectivity index (χ4v) is 4.55. The lowest BCUT2D eigenvalue weighted by Crippen LogP contribution is -2.58. The number of H-pyrrole nitrogens is 1. The number of benzene rings is 1. The zero-order valence-corrected chi connectivity index (χ0v) is 20.2. The Hall–Kier alpha value is -2.70. The van der Waals surface area contributed by atoms with Crippen molar-refractivity contribution >= 4 is 59.9 Å². The second-order valence-corrected chi connectivity index (χ2v) is 8.92. The third-order valence-electron chi connectivity index (χ3n) is 5.89. The van der Waals surface area contributed by atoms with Gasteiger partial charge in [-0.25, -0.2) is 4.79 Å². The van der Waals surface area contributed by atoms with Gasteiger partial charge in [-0.3, -0.25) is 14.4 Å². The molecule has 1 fully saturated rings. The number of hydrogen-bond donors (Lipinski definition) is 7. The van der Waals surface area contributed by atoms with Gasteiger partial charge in [-0.05, 0) is 30.9 Å². The summed E-state index contributed by atoms with van der Waals surface area (Å²) in [5, 5.41) is 15.4. The minimum Gasteiger partial charge on any atom is -0.480 e. The van der Waals surface area contributed by atoms with Crippen molar-refractivity contribution in [2.75, 3.05) is 18.1 Å². The maximum absolute atomic E-state index is 12.8. The molecule has 4 atom stereocenters. The van der Waals surface area contributed by atoms with Crippen molar-refractivity contribution in [1.82, 2.24) is 20.5 Å². The molecular weight excluding hydrogens is 478 g/mol. The van der Waals surface area contributed by atoms with Crippen LogP contribution in [0.15, 0.2) is 30.5 Å². The van der Waals surface area contributed by atoms with Crippen molar-refractivity contribution in [2.24, 2.45) is 5.73 Å². The van der Waals surface area contributed by atoms with Crippen molar-refractivity contribution in [1.29, 1.82) is 0 Å². The van der Waals surface area contributed by atoms with Crippen molar-refractivity contribution < 1.29 is 24.3 Å². The third-order valence-corrected chi connectivity index (χ3v) is 6.62. The molecule has 184 valence electrons. The Morgan fingerprint density at radius 3 is 2.47 bits per heavy atom. The van der Waals surface area contributed by atoms with Gasteiger partial charge in [0.2, 0.25) is 17.7 Å². The van der Waals surface area contributed by atoms with Gasteiger partial charge in [-0.15, -0.1) is 0 Å². The first-order valence-electron chi connectivity index (χ1n) is 10.9. The lowest BCUT2D eigenvalue weighted by molar-refractivity contribution is -0.149. The number of thiol groups is 2. The van der Waals surface area contributed by atoms with Crippen LogP contribution >= 0.6 is 25.3 Å². The molecule has 0 aliphatic carbocycles. The Labute approximate surface area is 207 Å². The van der Waals surface area contributed by atoms with Gasteiger partial charge in [-0.2, -0.15) is 25.3 Å². The molecule has 34 heavy (non-hydrogen) atoms. The van der Waals surface area contributed by atoms with Crippen LogP contribution in [0.2, 0.25) is 0 Å². The molecule has 1 aromatic heterocycles. The number of rotatable bonds is 10. The summed E-state index contributed by atoms with van der Waals surface area (Å²) in [5.41, 5.74) is 7.91. The van der Waals surface area contributed by atoms with E-state index in [1.165, 1.54) is 4.90 Å². The molecule has 0 radical (unpaired) electrons. The van der Waals surface area contributed by atoms with E-state index in [4.69, 9.17) is 5.73 Å². The number of carbonyl (C=O) groups is 4. The summed E-state index contributed by atoms with van der Waals surface area (Å²) in [4.78, 5) is 54.1. The second kappa shape index (κ2) is 11.6. The molecule has 2 heterocycles. The van der Waals surface area contributed by atoms with Crippen molar-refractivity contribution in [2.45, 2.75) is 43.4 Å². The van der Waals surface area contributed by atoms with Crippen molar-refractivity contribution in [3.63, 3.8) is 0 Å². The Morgan fingerprint density at radius 2 is 1.79 bits per heavy atom. The minimum atomic E-state index is -1.08. The fourth-order valence-electron chi connectivity index (χ4n) is 4.05. The number of likely N-dealkylation sites (tertiary alicyclic amines) is 1. The average Bonchev–Trinajstić information content (AvgIpc) is 3.48. The number of hydrogen-bond acceptors (Lipinski definition) is 7. The fraction of sp³-hybridized carbons (Fsp3) is 0.455. The number of para-hydroxylation sites is 1. The summed E-state index contributed by atoms with van der Waals surface area (Å²) < 4.78 is 0. The Kier molecular flexibility index (Phi) is 8.86. The maximum Gasteiger partial charge on any atom is 0.326 e. The molecule has 0 saturated carbocycles. The molecular formula is C22H29N5O5S2. The monoisotopic (exact) mass is 507 g/mol. The van der Waals surface area contributed by atoms with Gasteiger partial charge >= 0.3 is 5.97 Å². The lowest BCUT2D eigenvalue weighted by Gasteiger charge is -2.28. The number of aromatic nitrogens is 1. The summed E-state index contributed by atoms with van der Waals surface area (Å²) in [6.07, 6.45) is 2.99. The van der Waals surface area contributed by atoms with Crippen LogP contribution in [0.1, 0.15) is 18.4 Å². The number of carbonyl (C=O) groups excluding carboxylic acids is 3.